The first-order valence-electron chi connectivity index (χ1n) is 7.81. The average molecular weight is 381 g/mol. The summed E-state index contributed by atoms with van der Waals surface area (Å²) in [6.45, 7) is 4.03. The number of halogens is 2. The van der Waals surface area contributed by atoms with Gasteiger partial charge in [0.15, 0.2) is 11.5 Å². The van der Waals surface area contributed by atoms with Gasteiger partial charge in [0, 0.05) is 23.5 Å². The van der Waals surface area contributed by atoms with E-state index in [2.05, 4.69) is 10.3 Å². The molecule has 2 aromatic rings. The first-order chi connectivity index (χ1) is 11.8. The summed E-state index contributed by atoms with van der Waals surface area (Å²) >= 11 is 12.2. The topological polar surface area (TPSA) is 60.5 Å². The summed E-state index contributed by atoms with van der Waals surface area (Å²) in [6, 6.07) is 3.45. The second-order valence-corrected chi connectivity index (χ2v) is 7.23. The summed E-state index contributed by atoms with van der Waals surface area (Å²) in [6.07, 6.45) is 4.36. The van der Waals surface area contributed by atoms with E-state index in [1.807, 2.05) is 13.8 Å². The zero-order chi connectivity index (χ0) is 18.2. The quantitative estimate of drug-likeness (QED) is 0.833. The Balaban J connectivity index is 1.99. The maximum Gasteiger partial charge on any atom is 0.256 e. The zero-order valence-corrected chi connectivity index (χ0v) is 15.7. The SMILES string of the molecule is COc1ccc(C(=O)Nc2c(Cl)cncc2Cl)c2c1OC(C)(C)CC2. The molecule has 0 unspecified atom stereocenters. The molecule has 0 saturated carbocycles. The Morgan fingerprint density at radius 2 is 1.96 bits per heavy atom. The molecule has 0 radical (unpaired) electrons. The Morgan fingerprint density at radius 1 is 1.28 bits per heavy atom. The fourth-order valence-corrected chi connectivity index (χ4v) is 3.26. The summed E-state index contributed by atoms with van der Waals surface area (Å²) in [5.41, 5.74) is 1.35. The van der Waals surface area contributed by atoms with Crippen LogP contribution in [0.1, 0.15) is 36.2 Å². The van der Waals surface area contributed by atoms with Crippen molar-refractivity contribution in [3.05, 3.63) is 45.7 Å². The number of hydrogen-bond donors (Lipinski definition) is 1. The molecule has 132 valence electrons. The highest BCUT2D eigenvalue weighted by atomic mass is 35.5. The number of carbonyl (C=O) groups excluding carboxylic acids is 1. The summed E-state index contributed by atoms with van der Waals surface area (Å²) in [5, 5.41) is 3.32. The monoisotopic (exact) mass is 380 g/mol. The highest BCUT2D eigenvalue weighted by Crippen LogP contribution is 2.42. The number of ether oxygens (including phenoxy) is 2. The fourth-order valence-electron chi connectivity index (χ4n) is 2.80. The van der Waals surface area contributed by atoms with E-state index in [4.69, 9.17) is 32.7 Å². The van der Waals surface area contributed by atoms with E-state index < -0.39 is 0 Å². The van der Waals surface area contributed by atoms with Crippen molar-refractivity contribution in [1.82, 2.24) is 4.98 Å². The van der Waals surface area contributed by atoms with Gasteiger partial charge in [-0.3, -0.25) is 9.78 Å². The zero-order valence-electron chi connectivity index (χ0n) is 14.2. The number of nitrogens with zero attached hydrogens (tertiary/aromatic N) is 1. The van der Waals surface area contributed by atoms with Crippen LogP contribution in [0.4, 0.5) is 5.69 Å². The summed E-state index contributed by atoms with van der Waals surface area (Å²) in [4.78, 5) is 16.7. The van der Waals surface area contributed by atoms with Gasteiger partial charge >= 0.3 is 0 Å². The number of fused-ring (bicyclic) bond motifs is 1. The first kappa shape index (κ1) is 17.8. The van der Waals surface area contributed by atoms with Crippen molar-refractivity contribution in [1.29, 1.82) is 0 Å². The Morgan fingerprint density at radius 3 is 2.60 bits per heavy atom. The maximum absolute atomic E-state index is 12.8. The van der Waals surface area contributed by atoms with Crippen molar-refractivity contribution in [2.75, 3.05) is 12.4 Å². The van der Waals surface area contributed by atoms with E-state index in [0.29, 0.717) is 29.2 Å². The molecule has 1 aliphatic rings. The fraction of sp³-hybridized carbons (Fsp3) is 0.333. The van der Waals surface area contributed by atoms with Gasteiger partial charge in [-0.2, -0.15) is 0 Å². The normalized spacial score (nSPS) is 15.1. The number of hydrogen-bond acceptors (Lipinski definition) is 4. The van der Waals surface area contributed by atoms with Crippen LogP contribution in [0.2, 0.25) is 10.0 Å². The van der Waals surface area contributed by atoms with Crippen molar-refractivity contribution >= 4 is 34.8 Å². The molecule has 0 atom stereocenters. The lowest BCUT2D eigenvalue weighted by atomic mass is 9.91. The number of aromatic nitrogens is 1. The molecule has 3 rings (SSSR count). The van der Waals surface area contributed by atoms with Crippen LogP contribution in [0.15, 0.2) is 24.5 Å². The van der Waals surface area contributed by atoms with Crippen molar-refractivity contribution in [2.24, 2.45) is 0 Å². The molecule has 1 amide bonds. The molecule has 0 bridgehead atoms. The maximum atomic E-state index is 12.8. The van der Waals surface area contributed by atoms with Gasteiger partial charge in [0.25, 0.3) is 5.91 Å². The minimum atomic E-state index is -0.312. The number of nitrogens with one attached hydrogen (secondary N) is 1. The van der Waals surface area contributed by atoms with E-state index >= 15 is 0 Å². The minimum absolute atomic E-state index is 0.278. The van der Waals surface area contributed by atoms with Crippen LogP contribution in [-0.2, 0) is 6.42 Å². The summed E-state index contributed by atoms with van der Waals surface area (Å²) in [7, 11) is 1.58. The molecule has 5 nitrogen and oxygen atoms in total. The average Bonchev–Trinajstić information content (AvgIpc) is 2.56. The van der Waals surface area contributed by atoms with Gasteiger partial charge in [-0.1, -0.05) is 23.2 Å². The minimum Gasteiger partial charge on any atom is -0.493 e. The number of pyridine rings is 1. The number of carbonyl (C=O) groups is 1. The van der Waals surface area contributed by atoms with E-state index in [0.717, 1.165) is 12.0 Å². The third-order valence-corrected chi connectivity index (χ3v) is 4.71. The number of amides is 1. The summed E-state index contributed by atoms with van der Waals surface area (Å²) in [5.74, 6) is 0.912. The molecule has 0 saturated heterocycles. The molecule has 1 aromatic carbocycles. The molecule has 0 spiro atoms. The molecular formula is C18H18Cl2N2O3. The third kappa shape index (κ3) is 3.53. The molecule has 2 heterocycles. The van der Waals surface area contributed by atoms with Crippen molar-refractivity contribution < 1.29 is 14.3 Å². The molecule has 1 N–H and O–H groups in total. The molecular weight excluding hydrogens is 363 g/mol. The number of rotatable bonds is 3. The second kappa shape index (κ2) is 6.73. The van der Waals surface area contributed by atoms with Crippen LogP contribution in [0.25, 0.3) is 0 Å². The van der Waals surface area contributed by atoms with Gasteiger partial charge in [0.05, 0.1) is 22.8 Å². The van der Waals surface area contributed by atoms with Crippen molar-refractivity contribution in [3.63, 3.8) is 0 Å². The molecule has 0 aliphatic carbocycles. The Hall–Kier alpha value is -1.98. The molecule has 1 aliphatic heterocycles. The molecule has 0 fully saturated rings. The summed E-state index contributed by atoms with van der Waals surface area (Å²) < 4.78 is 11.5. The van der Waals surface area contributed by atoms with Crippen LogP contribution >= 0.6 is 23.2 Å². The second-order valence-electron chi connectivity index (χ2n) is 6.42. The van der Waals surface area contributed by atoms with E-state index in [9.17, 15) is 4.79 Å². The van der Waals surface area contributed by atoms with E-state index in [1.54, 1.807) is 19.2 Å². The van der Waals surface area contributed by atoms with Crippen molar-refractivity contribution in [2.45, 2.75) is 32.3 Å². The first-order valence-corrected chi connectivity index (χ1v) is 8.57. The molecule has 1 aromatic heterocycles. The smallest absolute Gasteiger partial charge is 0.256 e. The van der Waals surface area contributed by atoms with Crippen molar-refractivity contribution in [3.8, 4) is 11.5 Å². The predicted molar refractivity (Wildman–Crippen MR) is 98.2 cm³/mol. The molecule has 25 heavy (non-hydrogen) atoms. The largest absolute Gasteiger partial charge is 0.493 e. The standard InChI is InChI=1S/C18H18Cl2N2O3/c1-18(2)7-6-10-11(4-5-14(24-3)16(10)25-18)17(23)22-15-12(19)8-21-9-13(15)20/h4-5,8-9H,6-7H2,1-3H3,(H,21,22,23). The predicted octanol–water partition coefficient (Wildman–Crippen LogP) is 4.75. The highest BCUT2D eigenvalue weighted by molar-refractivity contribution is 6.39. The number of benzene rings is 1. The highest BCUT2D eigenvalue weighted by Gasteiger charge is 2.32. The van der Waals surface area contributed by atoms with E-state index in [-0.39, 0.29) is 21.6 Å². The van der Waals surface area contributed by atoms with Gasteiger partial charge in [-0.25, -0.2) is 0 Å². The van der Waals surface area contributed by atoms with Crippen LogP contribution in [-0.4, -0.2) is 23.6 Å². The van der Waals surface area contributed by atoms with Crippen LogP contribution in [0.3, 0.4) is 0 Å². The van der Waals surface area contributed by atoms with Crippen LogP contribution < -0.4 is 14.8 Å². The van der Waals surface area contributed by atoms with Gasteiger partial charge in [-0.15, -0.1) is 0 Å². The third-order valence-electron chi connectivity index (χ3n) is 4.14. The van der Waals surface area contributed by atoms with Gasteiger partial charge in [-0.05, 0) is 38.8 Å². The van der Waals surface area contributed by atoms with Crippen LogP contribution in [0.5, 0.6) is 11.5 Å². The van der Waals surface area contributed by atoms with Crippen LogP contribution in [0, 0.1) is 0 Å². The van der Waals surface area contributed by atoms with Gasteiger partial charge < -0.3 is 14.8 Å². The lowest BCUT2D eigenvalue weighted by Gasteiger charge is -2.34. The van der Waals surface area contributed by atoms with Gasteiger partial charge in [0.1, 0.15) is 5.60 Å². The lowest BCUT2D eigenvalue weighted by Crippen LogP contribution is -2.33. The Bertz CT molecular complexity index is 817. The Kier molecular flexibility index (Phi) is 4.80. The number of methoxy groups -OCH3 is 1. The Labute approximate surface area is 156 Å². The lowest BCUT2D eigenvalue weighted by molar-refractivity contribution is 0.0792. The van der Waals surface area contributed by atoms with E-state index in [1.165, 1.54) is 12.4 Å². The molecule has 7 heteroatoms. The van der Waals surface area contributed by atoms with Gasteiger partial charge in [0.2, 0.25) is 0 Å². The number of anilines is 1.